The summed E-state index contributed by atoms with van der Waals surface area (Å²) in [5, 5.41) is 0. The van der Waals surface area contributed by atoms with E-state index >= 15 is 0 Å². The predicted molar refractivity (Wildman–Crippen MR) is 57.2 cm³/mol. The van der Waals surface area contributed by atoms with Gasteiger partial charge in [-0.1, -0.05) is 15.9 Å². The number of benzene rings is 1. The zero-order chi connectivity index (χ0) is 10.8. The molecule has 0 atom stereocenters. The lowest BCUT2D eigenvalue weighted by Crippen LogP contribution is -1.81. The number of hydrogen-bond acceptors (Lipinski definition) is 2. The van der Waals surface area contributed by atoms with Crippen LogP contribution in [0.25, 0.3) is 11.3 Å². The second-order valence-corrected chi connectivity index (χ2v) is 3.86. The maximum atomic E-state index is 13.4. The number of aldehydes is 1. The van der Waals surface area contributed by atoms with E-state index in [1.165, 1.54) is 12.1 Å². The van der Waals surface area contributed by atoms with Gasteiger partial charge in [-0.3, -0.25) is 4.79 Å². The lowest BCUT2D eigenvalue weighted by atomic mass is 10.1. The minimum Gasteiger partial charge on any atom is -0.453 e. The normalized spacial score (nSPS) is 10.3. The first kappa shape index (κ1) is 10.1. The maximum Gasteiger partial charge on any atom is 0.185 e. The molecule has 2 nitrogen and oxygen atoms in total. The third-order valence-corrected chi connectivity index (χ3v) is 2.43. The van der Waals surface area contributed by atoms with Gasteiger partial charge in [0.25, 0.3) is 0 Å². The minimum absolute atomic E-state index is 0.185. The smallest absolute Gasteiger partial charge is 0.185 e. The van der Waals surface area contributed by atoms with E-state index in [1.54, 1.807) is 18.2 Å². The molecular formula is C11H6BrFO2. The molecule has 76 valence electrons. The fourth-order valence-electron chi connectivity index (χ4n) is 1.25. The Morgan fingerprint density at radius 3 is 2.73 bits per heavy atom. The third kappa shape index (κ3) is 1.99. The van der Waals surface area contributed by atoms with Gasteiger partial charge in [-0.25, -0.2) is 4.39 Å². The van der Waals surface area contributed by atoms with Crippen LogP contribution in [0.15, 0.2) is 39.2 Å². The molecule has 0 amide bonds. The summed E-state index contributed by atoms with van der Waals surface area (Å²) in [5.74, 6) is 0.144. The van der Waals surface area contributed by atoms with Crippen LogP contribution < -0.4 is 0 Å². The molecule has 0 aliphatic carbocycles. The van der Waals surface area contributed by atoms with Gasteiger partial charge in [-0.2, -0.15) is 0 Å². The van der Waals surface area contributed by atoms with Crippen LogP contribution in [0, 0.1) is 5.82 Å². The van der Waals surface area contributed by atoms with E-state index in [9.17, 15) is 9.18 Å². The van der Waals surface area contributed by atoms with Crippen LogP contribution in [-0.4, -0.2) is 6.29 Å². The largest absolute Gasteiger partial charge is 0.453 e. The van der Waals surface area contributed by atoms with Crippen molar-refractivity contribution in [1.82, 2.24) is 0 Å². The number of halogens is 2. The highest BCUT2D eigenvalue weighted by molar-refractivity contribution is 9.10. The Hall–Kier alpha value is -1.42. The van der Waals surface area contributed by atoms with E-state index in [0.717, 1.165) is 4.47 Å². The van der Waals surface area contributed by atoms with E-state index in [1.807, 2.05) is 0 Å². The van der Waals surface area contributed by atoms with Gasteiger partial charge >= 0.3 is 0 Å². The minimum atomic E-state index is -0.384. The van der Waals surface area contributed by atoms with Crippen molar-refractivity contribution in [2.75, 3.05) is 0 Å². The summed E-state index contributed by atoms with van der Waals surface area (Å²) in [5.41, 5.74) is 0.331. The molecule has 0 radical (unpaired) electrons. The van der Waals surface area contributed by atoms with Crippen LogP contribution >= 0.6 is 15.9 Å². The lowest BCUT2D eigenvalue weighted by Gasteiger charge is -1.99. The van der Waals surface area contributed by atoms with Crippen LogP contribution in [0.1, 0.15) is 10.6 Å². The molecule has 1 aromatic carbocycles. The van der Waals surface area contributed by atoms with Gasteiger partial charge in [0, 0.05) is 4.47 Å². The SMILES string of the molecule is O=Cc1ccc(-c2cc(Br)ccc2F)o1. The molecule has 0 aliphatic heterocycles. The fourth-order valence-corrected chi connectivity index (χ4v) is 1.61. The van der Waals surface area contributed by atoms with Crippen molar-refractivity contribution in [2.45, 2.75) is 0 Å². The van der Waals surface area contributed by atoms with Crippen molar-refractivity contribution in [1.29, 1.82) is 0 Å². The molecule has 0 fully saturated rings. The van der Waals surface area contributed by atoms with E-state index in [0.29, 0.717) is 17.6 Å². The van der Waals surface area contributed by atoms with Crippen LogP contribution in [0.3, 0.4) is 0 Å². The average Bonchev–Trinajstić information content (AvgIpc) is 2.70. The second kappa shape index (κ2) is 3.98. The van der Waals surface area contributed by atoms with Gasteiger partial charge in [0.1, 0.15) is 11.6 Å². The number of carbonyl (C=O) groups is 1. The van der Waals surface area contributed by atoms with Crippen LogP contribution in [0.2, 0.25) is 0 Å². The van der Waals surface area contributed by atoms with Crippen molar-refractivity contribution >= 4 is 22.2 Å². The first-order valence-electron chi connectivity index (χ1n) is 4.21. The summed E-state index contributed by atoms with van der Waals surface area (Å²) in [7, 11) is 0. The molecule has 15 heavy (non-hydrogen) atoms. The van der Waals surface area contributed by atoms with Gasteiger partial charge < -0.3 is 4.42 Å². The highest BCUT2D eigenvalue weighted by Crippen LogP contribution is 2.27. The Bertz CT molecular complexity index is 505. The fraction of sp³-hybridized carbons (Fsp3) is 0. The van der Waals surface area contributed by atoms with Crippen LogP contribution in [-0.2, 0) is 0 Å². The quantitative estimate of drug-likeness (QED) is 0.779. The first-order chi connectivity index (χ1) is 7.20. The Morgan fingerprint density at radius 1 is 1.27 bits per heavy atom. The molecular weight excluding hydrogens is 263 g/mol. The molecule has 2 aromatic rings. The van der Waals surface area contributed by atoms with Crippen LogP contribution in [0.5, 0.6) is 0 Å². The van der Waals surface area contributed by atoms with Crippen molar-refractivity contribution in [3.63, 3.8) is 0 Å². The third-order valence-electron chi connectivity index (χ3n) is 1.94. The van der Waals surface area contributed by atoms with Crippen molar-refractivity contribution in [2.24, 2.45) is 0 Å². The molecule has 0 saturated heterocycles. The molecule has 0 saturated carbocycles. The summed E-state index contributed by atoms with van der Waals surface area (Å²) in [6, 6.07) is 7.60. The predicted octanol–water partition coefficient (Wildman–Crippen LogP) is 3.66. The second-order valence-electron chi connectivity index (χ2n) is 2.94. The van der Waals surface area contributed by atoms with Crippen LogP contribution in [0.4, 0.5) is 4.39 Å². The molecule has 0 bridgehead atoms. The van der Waals surface area contributed by atoms with E-state index in [2.05, 4.69) is 15.9 Å². The van der Waals surface area contributed by atoms with E-state index < -0.39 is 0 Å². The molecule has 0 aliphatic rings. The average molecular weight is 269 g/mol. The standard InChI is InChI=1S/C11H6BrFO2/c12-7-1-3-10(13)9(5-7)11-4-2-8(6-14)15-11/h1-6H. The molecule has 2 rings (SSSR count). The zero-order valence-corrected chi connectivity index (χ0v) is 9.12. The maximum absolute atomic E-state index is 13.4. The van der Waals surface area contributed by atoms with Gasteiger partial charge in [-0.15, -0.1) is 0 Å². The summed E-state index contributed by atoms with van der Waals surface area (Å²) in [6.07, 6.45) is 0.583. The van der Waals surface area contributed by atoms with Gasteiger partial charge in [0.15, 0.2) is 12.0 Å². The molecule has 0 unspecified atom stereocenters. The molecule has 1 aromatic heterocycles. The summed E-state index contributed by atoms with van der Waals surface area (Å²) in [4.78, 5) is 10.4. The monoisotopic (exact) mass is 268 g/mol. The number of furan rings is 1. The van der Waals surface area contributed by atoms with E-state index in [-0.39, 0.29) is 11.6 Å². The Kier molecular flexibility index (Phi) is 2.68. The van der Waals surface area contributed by atoms with Gasteiger partial charge in [-0.05, 0) is 30.3 Å². The summed E-state index contributed by atoms with van der Waals surface area (Å²) >= 11 is 3.24. The zero-order valence-electron chi connectivity index (χ0n) is 7.54. The Morgan fingerprint density at radius 2 is 2.07 bits per heavy atom. The lowest BCUT2D eigenvalue weighted by molar-refractivity contribution is 0.110. The summed E-state index contributed by atoms with van der Waals surface area (Å²) < 4.78 is 19.3. The van der Waals surface area contributed by atoms with Gasteiger partial charge in [0.05, 0.1) is 5.56 Å². The molecule has 0 N–H and O–H groups in total. The number of rotatable bonds is 2. The van der Waals surface area contributed by atoms with Crippen molar-refractivity contribution in [3.05, 3.63) is 46.4 Å². The first-order valence-corrected chi connectivity index (χ1v) is 5.00. The van der Waals surface area contributed by atoms with Gasteiger partial charge in [0.2, 0.25) is 0 Å². The number of hydrogen-bond donors (Lipinski definition) is 0. The highest BCUT2D eigenvalue weighted by Gasteiger charge is 2.09. The Labute approximate surface area is 93.8 Å². The topological polar surface area (TPSA) is 30.2 Å². The number of carbonyl (C=O) groups excluding carboxylic acids is 1. The summed E-state index contributed by atoms with van der Waals surface area (Å²) in [6.45, 7) is 0. The Balaban J connectivity index is 2.52. The van der Waals surface area contributed by atoms with E-state index in [4.69, 9.17) is 4.42 Å². The van der Waals surface area contributed by atoms with Crippen molar-refractivity contribution in [3.8, 4) is 11.3 Å². The van der Waals surface area contributed by atoms with Crippen molar-refractivity contribution < 1.29 is 13.6 Å². The highest BCUT2D eigenvalue weighted by atomic mass is 79.9. The molecule has 4 heteroatoms. The molecule has 1 heterocycles. The molecule has 0 spiro atoms.